The maximum absolute atomic E-state index is 12.0. The first-order valence-corrected chi connectivity index (χ1v) is 6.59. The number of ketones is 1. The van der Waals surface area contributed by atoms with Gasteiger partial charge in [0.15, 0.2) is 17.3 Å². The number of ether oxygens (including phenoxy) is 2. The number of Topliss-reactive ketones (excluding diaryl/α,β-unsaturated/α-hetero) is 1. The van der Waals surface area contributed by atoms with E-state index in [4.69, 9.17) is 9.47 Å². The van der Waals surface area contributed by atoms with Gasteiger partial charge in [0.1, 0.15) is 13.2 Å². The minimum absolute atomic E-state index is 0.188. The second-order valence-electron chi connectivity index (χ2n) is 5.07. The Balaban J connectivity index is 1.98. The summed E-state index contributed by atoms with van der Waals surface area (Å²) in [6.45, 7) is 5.48. The van der Waals surface area contributed by atoms with Gasteiger partial charge in [-0.3, -0.25) is 4.79 Å². The molecule has 1 aromatic carbocycles. The van der Waals surface area contributed by atoms with Crippen LogP contribution in [0.5, 0.6) is 11.5 Å². The van der Waals surface area contributed by atoms with Crippen LogP contribution in [0, 0.1) is 5.92 Å². The second-order valence-corrected chi connectivity index (χ2v) is 5.07. The van der Waals surface area contributed by atoms with Crippen LogP contribution >= 0.6 is 0 Å². The molecule has 0 bridgehead atoms. The molecule has 3 nitrogen and oxygen atoms in total. The van der Waals surface area contributed by atoms with E-state index in [1.807, 2.05) is 12.1 Å². The minimum Gasteiger partial charge on any atom is -0.486 e. The van der Waals surface area contributed by atoms with Gasteiger partial charge in [-0.05, 0) is 30.5 Å². The van der Waals surface area contributed by atoms with E-state index < -0.39 is 0 Å². The molecule has 0 aliphatic carbocycles. The Hall–Kier alpha value is -1.51. The van der Waals surface area contributed by atoms with E-state index in [-0.39, 0.29) is 5.78 Å². The molecular weight excluding hydrogens is 228 g/mol. The predicted octanol–water partition coefficient (Wildman–Crippen LogP) is 3.47. The van der Waals surface area contributed by atoms with Crippen LogP contribution in [0.1, 0.15) is 43.5 Å². The van der Waals surface area contributed by atoms with E-state index in [2.05, 4.69) is 13.8 Å². The van der Waals surface area contributed by atoms with Crippen molar-refractivity contribution in [1.82, 2.24) is 0 Å². The summed E-state index contributed by atoms with van der Waals surface area (Å²) in [5.41, 5.74) is 0.725. The number of fused-ring (bicyclic) bond motifs is 1. The molecule has 18 heavy (non-hydrogen) atoms. The lowest BCUT2D eigenvalue weighted by atomic mass is 10.0. The van der Waals surface area contributed by atoms with E-state index in [9.17, 15) is 4.79 Å². The van der Waals surface area contributed by atoms with Crippen LogP contribution in [0.2, 0.25) is 0 Å². The molecule has 0 amide bonds. The molecule has 1 aliphatic rings. The highest BCUT2D eigenvalue weighted by Gasteiger charge is 2.14. The molecule has 3 heteroatoms. The van der Waals surface area contributed by atoms with Crippen LogP contribution in [0.15, 0.2) is 18.2 Å². The van der Waals surface area contributed by atoms with Crippen molar-refractivity contribution in [3.05, 3.63) is 23.8 Å². The molecule has 0 N–H and O–H groups in total. The molecule has 0 saturated heterocycles. The zero-order valence-electron chi connectivity index (χ0n) is 11.1. The first-order chi connectivity index (χ1) is 8.66. The van der Waals surface area contributed by atoms with Crippen molar-refractivity contribution < 1.29 is 14.3 Å². The number of rotatable bonds is 5. The largest absolute Gasteiger partial charge is 0.486 e. The summed E-state index contributed by atoms with van der Waals surface area (Å²) in [6.07, 6.45) is 2.65. The monoisotopic (exact) mass is 248 g/mol. The summed E-state index contributed by atoms with van der Waals surface area (Å²) in [4.78, 5) is 12.0. The third-order valence-electron chi connectivity index (χ3n) is 3.05. The predicted molar refractivity (Wildman–Crippen MR) is 70.5 cm³/mol. The van der Waals surface area contributed by atoms with Gasteiger partial charge in [0.25, 0.3) is 0 Å². The van der Waals surface area contributed by atoms with Gasteiger partial charge in [-0.1, -0.05) is 20.3 Å². The summed E-state index contributed by atoms with van der Waals surface area (Å²) in [6, 6.07) is 5.45. The lowest BCUT2D eigenvalue weighted by Crippen LogP contribution is -2.15. The zero-order chi connectivity index (χ0) is 13.0. The fourth-order valence-electron chi connectivity index (χ4n) is 2.03. The standard InChI is InChI=1S/C15H20O3/c1-11(2)4-3-5-13(16)12-6-7-14-15(10-12)18-9-8-17-14/h6-7,10-11H,3-5,8-9H2,1-2H3. The Morgan fingerprint density at radius 2 is 1.94 bits per heavy atom. The minimum atomic E-state index is 0.188. The van der Waals surface area contributed by atoms with Crippen molar-refractivity contribution >= 4 is 5.78 Å². The first-order valence-electron chi connectivity index (χ1n) is 6.59. The number of carbonyl (C=O) groups excluding carboxylic acids is 1. The lowest BCUT2D eigenvalue weighted by Gasteiger charge is -2.18. The first kappa shape index (κ1) is 12.9. The Labute approximate surface area is 108 Å². The van der Waals surface area contributed by atoms with Crippen LogP contribution in [-0.2, 0) is 0 Å². The number of hydrogen-bond acceptors (Lipinski definition) is 3. The molecule has 0 fully saturated rings. The van der Waals surface area contributed by atoms with Crippen LogP contribution in [0.25, 0.3) is 0 Å². The van der Waals surface area contributed by atoms with Gasteiger partial charge in [0.05, 0.1) is 0 Å². The maximum Gasteiger partial charge on any atom is 0.163 e. The molecule has 2 rings (SSSR count). The van der Waals surface area contributed by atoms with Crippen molar-refractivity contribution in [3.8, 4) is 11.5 Å². The van der Waals surface area contributed by atoms with Crippen LogP contribution < -0.4 is 9.47 Å². The van der Waals surface area contributed by atoms with Gasteiger partial charge in [-0.2, -0.15) is 0 Å². The van der Waals surface area contributed by atoms with Crippen molar-refractivity contribution in [1.29, 1.82) is 0 Å². The second kappa shape index (κ2) is 5.89. The molecule has 0 unspecified atom stereocenters. The normalized spacial score (nSPS) is 13.7. The van der Waals surface area contributed by atoms with E-state index in [1.165, 1.54) is 0 Å². The third kappa shape index (κ3) is 3.25. The summed E-state index contributed by atoms with van der Waals surface area (Å²) in [5.74, 6) is 2.27. The molecule has 1 aromatic rings. The Morgan fingerprint density at radius 1 is 1.22 bits per heavy atom. The summed E-state index contributed by atoms with van der Waals surface area (Å²) in [7, 11) is 0. The van der Waals surface area contributed by atoms with Crippen molar-refractivity contribution in [3.63, 3.8) is 0 Å². The molecule has 98 valence electrons. The van der Waals surface area contributed by atoms with Gasteiger partial charge in [0.2, 0.25) is 0 Å². The molecule has 0 spiro atoms. The van der Waals surface area contributed by atoms with Gasteiger partial charge in [0, 0.05) is 12.0 Å². The molecule has 1 heterocycles. The highest BCUT2D eigenvalue weighted by Crippen LogP contribution is 2.31. The number of benzene rings is 1. The molecule has 0 saturated carbocycles. The van der Waals surface area contributed by atoms with Crippen molar-refractivity contribution in [2.24, 2.45) is 5.92 Å². The molecule has 0 atom stereocenters. The average molecular weight is 248 g/mol. The lowest BCUT2D eigenvalue weighted by molar-refractivity contribution is 0.0977. The summed E-state index contributed by atoms with van der Waals surface area (Å²) < 4.78 is 10.9. The SMILES string of the molecule is CC(C)CCCC(=O)c1ccc2c(c1)OCCO2. The quantitative estimate of drug-likeness (QED) is 0.748. The Kier molecular flexibility index (Phi) is 4.24. The zero-order valence-corrected chi connectivity index (χ0v) is 11.1. The van der Waals surface area contributed by atoms with Gasteiger partial charge < -0.3 is 9.47 Å². The van der Waals surface area contributed by atoms with E-state index >= 15 is 0 Å². The van der Waals surface area contributed by atoms with Crippen LogP contribution in [0.4, 0.5) is 0 Å². The molecule has 0 radical (unpaired) electrons. The third-order valence-corrected chi connectivity index (χ3v) is 3.05. The van der Waals surface area contributed by atoms with E-state index in [0.717, 1.165) is 24.2 Å². The van der Waals surface area contributed by atoms with E-state index in [0.29, 0.717) is 31.3 Å². The van der Waals surface area contributed by atoms with Crippen LogP contribution in [0.3, 0.4) is 0 Å². The average Bonchev–Trinajstić information content (AvgIpc) is 2.37. The van der Waals surface area contributed by atoms with Gasteiger partial charge in [-0.25, -0.2) is 0 Å². The Morgan fingerprint density at radius 3 is 2.67 bits per heavy atom. The highest BCUT2D eigenvalue weighted by molar-refractivity contribution is 5.96. The smallest absolute Gasteiger partial charge is 0.163 e. The van der Waals surface area contributed by atoms with Crippen LogP contribution in [-0.4, -0.2) is 19.0 Å². The topological polar surface area (TPSA) is 35.5 Å². The molecule has 0 aromatic heterocycles. The Bertz CT molecular complexity index is 424. The fraction of sp³-hybridized carbons (Fsp3) is 0.533. The molecular formula is C15H20O3. The summed E-state index contributed by atoms with van der Waals surface area (Å²) in [5, 5.41) is 0. The van der Waals surface area contributed by atoms with Gasteiger partial charge in [-0.15, -0.1) is 0 Å². The van der Waals surface area contributed by atoms with Gasteiger partial charge >= 0.3 is 0 Å². The number of hydrogen-bond donors (Lipinski definition) is 0. The number of carbonyl (C=O) groups is 1. The summed E-state index contributed by atoms with van der Waals surface area (Å²) >= 11 is 0. The van der Waals surface area contributed by atoms with Crippen molar-refractivity contribution in [2.45, 2.75) is 33.1 Å². The highest BCUT2D eigenvalue weighted by atomic mass is 16.6. The molecule has 1 aliphatic heterocycles. The maximum atomic E-state index is 12.0. The fourth-order valence-corrected chi connectivity index (χ4v) is 2.03. The van der Waals surface area contributed by atoms with E-state index in [1.54, 1.807) is 6.07 Å². The van der Waals surface area contributed by atoms with Crippen molar-refractivity contribution in [2.75, 3.05) is 13.2 Å².